The van der Waals surface area contributed by atoms with Crippen molar-refractivity contribution >= 4 is 28.3 Å². The zero-order valence-electron chi connectivity index (χ0n) is 14.5. The van der Waals surface area contributed by atoms with Crippen LogP contribution in [0.25, 0.3) is 0 Å². The van der Waals surface area contributed by atoms with Crippen molar-refractivity contribution in [2.24, 2.45) is 0 Å². The second-order valence-electron chi connectivity index (χ2n) is 6.03. The number of quaternary nitrogens is 1. The molecule has 0 aromatic heterocycles. The minimum atomic E-state index is 0.835. The van der Waals surface area contributed by atoms with Crippen LogP contribution in [0.2, 0.25) is 0 Å². The quantitative estimate of drug-likeness (QED) is 0.783. The number of methoxy groups -OCH3 is 2. The summed E-state index contributed by atoms with van der Waals surface area (Å²) in [4.78, 5) is 3.78. The average Bonchev–Trinajstić information content (AvgIpc) is 2.66. The van der Waals surface area contributed by atoms with Crippen molar-refractivity contribution < 1.29 is 14.4 Å². The van der Waals surface area contributed by atoms with Crippen molar-refractivity contribution in [3.63, 3.8) is 0 Å². The Morgan fingerprint density at radius 2 is 1.52 bits per heavy atom. The summed E-state index contributed by atoms with van der Waals surface area (Å²) in [6.45, 7) is 2.74. The normalized spacial score (nSPS) is 17.4. The molecule has 1 aliphatic rings. The van der Waals surface area contributed by atoms with Crippen molar-refractivity contribution in [2.45, 2.75) is 13.1 Å². The fourth-order valence-corrected chi connectivity index (χ4v) is 3.98. The van der Waals surface area contributed by atoms with Gasteiger partial charge in [0, 0.05) is 12.1 Å². The van der Waals surface area contributed by atoms with Gasteiger partial charge >= 0.3 is 0 Å². The molecule has 1 atom stereocenters. The summed E-state index contributed by atoms with van der Waals surface area (Å²) in [6.07, 6.45) is 0. The molecule has 1 fully saturated rings. The van der Waals surface area contributed by atoms with E-state index in [1.165, 1.54) is 16.0 Å². The minimum absolute atomic E-state index is 0.835. The molecule has 0 radical (unpaired) electrons. The maximum Gasteiger partial charge on any atom is 0.155 e. The maximum absolute atomic E-state index is 5.56. The van der Waals surface area contributed by atoms with E-state index in [0.29, 0.717) is 0 Å². The van der Waals surface area contributed by atoms with E-state index in [0.717, 1.165) is 41.5 Å². The van der Waals surface area contributed by atoms with E-state index < -0.39 is 0 Å². The monoisotopic (exact) mass is 375 g/mol. The minimum Gasteiger partial charge on any atom is -0.497 e. The van der Waals surface area contributed by atoms with E-state index in [1.807, 2.05) is 24.3 Å². The van der Waals surface area contributed by atoms with Crippen molar-refractivity contribution in [3.8, 4) is 11.5 Å². The summed E-state index contributed by atoms with van der Waals surface area (Å²) in [6, 6.07) is 16.5. The Kier molecular flexibility index (Phi) is 6.18. The number of hydrogen-bond donors (Lipinski definition) is 1. The highest BCUT2D eigenvalue weighted by Crippen LogP contribution is 2.17. The molecule has 0 aliphatic carbocycles. The molecule has 0 amide bonds. The van der Waals surface area contributed by atoms with E-state index in [-0.39, 0.29) is 0 Å². The summed E-state index contributed by atoms with van der Waals surface area (Å²) in [7, 11) is 3.38. The summed E-state index contributed by atoms with van der Waals surface area (Å²) in [5, 5.41) is 0. The van der Waals surface area contributed by atoms with Crippen LogP contribution >= 0.6 is 24.0 Å². The predicted molar refractivity (Wildman–Crippen MR) is 106 cm³/mol. The number of nitrogens with one attached hydrogen (secondary N) is 1. The lowest BCUT2D eigenvalue weighted by molar-refractivity contribution is -0.911. The van der Waals surface area contributed by atoms with Gasteiger partial charge in [-0.15, -0.1) is 0 Å². The Labute approximate surface area is 158 Å². The maximum atomic E-state index is 5.56. The second kappa shape index (κ2) is 8.56. The molecule has 0 saturated carbocycles. The van der Waals surface area contributed by atoms with Crippen molar-refractivity contribution in [1.29, 1.82) is 0 Å². The molecular weight excluding hydrogens is 352 g/mol. The molecule has 1 aliphatic heterocycles. The van der Waals surface area contributed by atoms with Crippen LogP contribution in [0, 0.1) is 0 Å². The molecule has 6 heteroatoms. The summed E-state index contributed by atoms with van der Waals surface area (Å²) >= 11 is 7.32. The molecule has 2 aromatic rings. The molecule has 132 valence electrons. The molecular formula is C19H23N2O2S2+. The van der Waals surface area contributed by atoms with Gasteiger partial charge in [-0.2, -0.15) is 0 Å². The Bertz CT molecular complexity index is 704. The van der Waals surface area contributed by atoms with E-state index in [2.05, 4.69) is 29.2 Å². The molecule has 3 rings (SSSR count). The van der Waals surface area contributed by atoms with Gasteiger partial charge in [-0.05, 0) is 53.7 Å². The average molecular weight is 376 g/mol. The summed E-state index contributed by atoms with van der Waals surface area (Å²) < 4.78 is 11.4. The van der Waals surface area contributed by atoms with E-state index in [4.69, 9.17) is 21.7 Å². The zero-order valence-corrected chi connectivity index (χ0v) is 16.2. The third kappa shape index (κ3) is 4.87. The number of thiocarbonyl (C=S) groups is 1. The summed E-state index contributed by atoms with van der Waals surface area (Å²) in [5.41, 5.74) is 2.56. The van der Waals surface area contributed by atoms with Gasteiger partial charge < -0.3 is 19.3 Å². The predicted octanol–water partition coefficient (Wildman–Crippen LogP) is 2.54. The third-order valence-electron chi connectivity index (χ3n) is 4.22. The second-order valence-corrected chi connectivity index (χ2v) is 7.64. The number of hydrogen-bond acceptors (Lipinski definition) is 4. The number of nitrogens with zero attached hydrogens (tertiary/aromatic N) is 1. The number of ether oxygens (including phenoxy) is 2. The lowest BCUT2D eigenvalue weighted by atomic mass is 10.2. The first-order valence-corrected chi connectivity index (χ1v) is 9.58. The van der Waals surface area contributed by atoms with E-state index >= 15 is 0 Å². The molecule has 1 unspecified atom stereocenters. The van der Waals surface area contributed by atoms with Crippen LogP contribution in [0.15, 0.2) is 48.5 Å². The molecule has 0 spiro atoms. The Balaban J connectivity index is 1.60. The topological polar surface area (TPSA) is 26.1 Å². The Morgan fingerprint density at radius 3 is 2.08 bits per heavy atom. The summed E-state index contributed by atoms with van der Waals surface area (Å²) in [5.74, 6) is 2.78. The lowest BCUT2D eigenvalue weighted by Crippen LogP contribution is -3.13. The highest BCUT2D eigenvalue weighted by atomic mass is 32.2. The van der Waals surface area contributed by atoms with Crippen LogP contribution in [-0.2, 0) is 13.1 Å². The van der Waals surface area contributed by atoms with Crippen LogP contribution in [-0.4, -0.2) is 36.0 Å². The molecule has 2 aromatic carbocycles. The van der Waals surface area contributed by atoms with Gasteiger partial charge in [0.25, 0.3) is 0 Å². The van der Waals surface area contributed by atoms with Crippen molar-refractivity contribution in [1.82, 2.24) is 4.90 Å². The molecule has 1 saturated heterocycles. The van der Waals surface area contributed by atoms with Gasteiger partial charge in [-0.3, -0.25) is 0 Å². The van der Waals surface area contributed by atoms with Crippen LogP contribution in [0.1, 0.15) is 11.1 Å². The van der Waals surface area contributed by atoms with Gasteiger partial charge in [0.15, 0.2) is 6.67 Å². The smallest absolute Gasteiger partial charge is 0.155 e. The van der Waals surface area contributed by atoms with Crippen LogP contribution in [0.3, 0.4) is 0 Å². The molecule has 4 nitrogen and oxygen atoms in total. The van der Waals surface area contributed by atoms with Crippen molar-refractivity contribution in [2.75, 3.05) is 26.8 Å². The standard InChI is InChI=1S/C19H22N2O2S2/c1-22-17-7-3-15(4-8-17)11-20-13-21(19(24)25-14-20)12-16-5-9-18(23-2)10-6-16/h3-10H,11-14H2,1-2H3/p+1. The van der Waals surface area contributed by atoms with Gasteiger partial charge in [0.2, 0.25) is 0 Å². The Morgan fingerprint density at radius 1 is 0.960 bits per heavy atom. The number of benzene rings is 2. The lowest BCUT2D eigenvalue weighted by Gasteiger charge is -2.34. The highest BCUT2D eigenvalue weighted by Gasteiger charge is 2.25. The molecule has 1 heterocycles. The third-order valence-corrected chi connectivity index (χ3v) is 5.89. The van der Waals surface area contributed by atoms with Crippen LogP contribution in [0.5, 0.6) is 11.5 Å². The molecule has 1 N–H and O–H groups in total. The highest BCUT2D eigenvalue weighted by molar-refractivity contribution is 8.22. The number of rotatable bonds is 6. The van der Waals surface area contributed by atoms with Gasteiger partial charge in [-0.25, -0.2) is 0 Å². The first-order valence-electron chi connectivity index (χ1n) is 8.19. The van der Waals surface area contributed by atoms with Gasteiger partial charge in [0.1, 0.15) is 28.2 Å². The SMILES string of the molecule is COc1ccc(CN2C[NH+](Cc3ccc(OC)cc3)CSC2=S)cc1. The first kappa shape index (κ1) is 18.0. The first-order chi connectivity index (χ1) is 12.2. The van der Waals surface area contributed by atoms with Gasteiger partial charge in [0.05, 0.1) is 14.2 Å². The fraction of sp³-hybridized carbons (Fsp3) is 0.316. The van der Waals surface area contributed by atoms with Crippen LogP contribution < -0.4 is 14.4 Å². The number of thioether (sulfide) groups is 1. The largest absolute Gasteiger partial charge is 0.497 e. The Hall–Kier alpha value is -1.76. The zero-order chi connectivity index (χ0) is 17.6. The van der Waals surface area contributed by atoms with E-state index in [9.17, 15) is 0 Å². The molecule has 0 bridgehead atoms. The van der Waals surface area contributed by atoms with Crippen LogP contribution in [0.4, 0.5) is 0 Å². The van der Waals surface area contributed by atoms with Gasteiger partial charge in [-0.1, -0.05) is 24.4 Å². The van der Waals surface area contributed by atoms with Crippen molar-refractivity contribution in [3.05, 3.63) is 59.7 Å². The molecule has 25 heavy (non-hydrogen) atoms. The fourth-order valence-electron chi connectivity index (χ4n) is 2.85. The van der Waals surface area contributed by atoms with E-state index in [1.54, 1.807) is 26.0 Å².